The standard InChI is InChI=1S/C43H53ClF4N4O6Si/c1-39(2,3)58-38(53)52-26-14-15-41(52,7)21-51(19-26)36-29-18-31(45)33(28-17-27(56-24-54-8)16-25-12-11-13-30(44)32(25)28)34(46)35(29)49-37(50-36)55-22-42(20-43(42,47)48)23-57-59(9,10)40(4,5)6/h11-13,16-18,26H,14-15,19-24H2,1-10H3/t26-,41+,42+/m1/s1. The van der Waals surface area contributed by atoms with Gasteiger partial charge in [-0.15, -0.1) is 0 Å². The van der Waals surface area contributed by atoms with E-state index in [1.165, 1.54) is 19.2 Å². The van der Waals surface area contributed by atoms with Crippen LogP contribution in [0.15, 0.2) is 36.4 Å². The molecule has 3 atom stereocenters. The number of rotatable bonds is 11. The molecule has 1 saturated carbocycles. The first-order valence-electron chi connectivity index (χ1n) is 19.9. The van der Waals surface area contributed by atoms with Gasteiger partial charge in [0.1, 0.15) is 35.1 Å². The molecule has 0 radical (unpaired) electrons. The van der Waals surface area contributed by atoms with E-state index < -0.39 is 67.1 Å². The first-order valence-corrected chi connectivity index (χ1v) is 23.1. The maximum absolute atomic E-state index is 17.4. The van der Waals surface area contributed by atoms with Crippen molar-refractivity contribution >= 4 is 53.5 Å². The van der Waals surface area contributed by atoms with Crippen LogP contribution in [0.25, 0.3) is 32.8 Å². The summed E-state index contributed by atoms with van der Waals surface area (Å²) in [4.78, 5) is 26.3. The number of hydrogen-bond donors (Lipinski definition) is 0. The molecule has 2 bridgehead atoms. The van der Waals surface area contributed by atoms with Crippen LogP contribution < -0.4 is 14.4 Å². The zero-order valence-corrected chi connectivity index (χ0v) is 37.1. The van der Waals surface area contributed by atoms with Crippen LogP contribution in [-0.4, -0.2) is 92.6 Å². The summed E-state index contributed by atoms with van der Waals surface area (Å²) in [5.41, 5.74) is -3.69. The minimum absolute atomic E-state index is 0.0414. The molecule has 0 spiro atoms. The summed E-state index contributed by atoms with van der Waals surface area (Å²) in [5, 5.41) is 1.03. The number of fused-ring (bicyclic) bond motifs is 4. The predicted octanol–water partition coefficient (Wildman–Crippen LogP) is 10.8. The third kappa shape index (κ3) is 8.04. The second-order valence-corrected chi connectivity index (χ2v) is 24.3. The minimum Gasteiger partial charge on any atom is -0.468 e. The van der Waals surface area contributed by atoms with Crippen LogP contribution in [0.3, 0.4) is 0 Å². The normalized spacial score (nSPS) is 22.9. The lowest BCUT2D eigenvalue weighted by Gasteiger charge is -2.47. The maximum atomic E-state index is 17.4. The van der Waals surface area contributed by atoms with Crippen molar-refractivity contribution in [2.45, 2.75) is 109 Å². The summed E-state index contributed by atoms with van der Waals surface area (Å²) in [5.74, 6) is -4.60. The Bertz CT molecular complexity index is 2310. The lowest BCUT2D eigenvalue weighted by molar-refractivity contribution is -0.00293. The van der Waals surface area contributed by atoms with Gasteiger partial charge in [-0.25, -0.2) is 22.4 Å². The molecule has 0 N–H and O–H groups in total. The van der Waals surface area contributed by atoms with Crippen LogP contribution in [0.5, 0.6) is 11.8 Å². The Morgan fingerprint density at radius 2 is 1.75 bits per heavy atom. The van der Waals surface area contributed by atoms with E-state index in [0.29, 0.717) is 23.6 Å². The van der Waals surface area contributed by atoms with E-state index in [9.17, 15) is 4.79 Å². The molecule has 2 saturated heterocycles. The van der Waals surface area contributed by atoms with Crippen molar-refractivity contribution in [1.29, 1.82) is 0 Å². The molecule has 3 fully saturated rings. The van der Waals surface area contributed by atoms with Gasteiger partial charge < -0.3 is 28.3 Å². The van der Waals surface area contributed by atoms with Gasteiger partial charge in [0.05, 0.1) is 22.6 Å². The number of amides is 1. The van der Waals surface area contributed by atoms with Crippen molar-refractivity contribution in [3.63, 3.8) is 0 Å². The number of ether oxygens (including phenoxy) is 4. The Hall–Kier alpha value is -3.92. The quantitative estimate of drug-likeness (QED) is 0.0830. The second-order valence-electron chi connectivity index (χ2n) is 19.1. The van der Waals surface area contributed by atoms with Crippen molar-refractivity contribution < 1.29 is 45.7 Å². The fourth-order valence-electron chi connectivity index (χ4n) is 8.02. The molecular weight excluding hydrogens is 808 g/mol. The topological polar surface area (TPSA) is 95.5 Å². The number of benzene rings is 3. The van der Waals surface area contributed by atoms with Crippen LogP contribution in [-0.2, 0) is 13.9 Å². The van der Waals surface area contributed by atoms with Crippen LogP contribution in [0.1, 0.15) is 67.7 Å². The molecule has 7 rings (SSSR count). The monoisotopic (exact) mass is 860 g/mol. The lowest BCUT2D eigenvalue weighted by Crippen LogP contribution is -2.63. The van der Waals surface area contributed by atoms with E-state index in [-0.39, 0.29) is 76.6 Å². The van der Waals surface area contributed by atoms with Crippen LogP contribution in [0.4, 0.5) is 28.2 Å². The Morgan fingerprint density at radius 3 is 2.37 bits per heavy atom. The van der Waals surface area contributed by atoms with Crippen LogP contribution >= 0.6 is 11.6 Å². The highest BCUT2D eigenvalue weighted by Crippen LogP contribution is 2.61. The molecule has 0 unspecified atom stereocenters. The van der Waals surface area contributed by atoms with Crippen molar-refractivity contribution in [3.05, 3.63) is 53.1 Å². The molecule has 16 heteroatoms. The molecule has 10 nitrogen and oxygen atoms in total. The van der Waals surface area contributed by atoms with Crippen molar-refractivity contribution in [3.8, 4) is 22.9 Å². The highest BCUT2D eigenvalue weighted by molar-refractivity contribution is 6.74. The molecule has 3 aromatic carbocycles. The van der Waals surface area contributed by atoms with E-state index in [4.69, 9.17) is 40.0 Å². The Balaban J connectivity index is 1.34. The molecule has 320 valence electrons. The molecule has 4 aromatic rings. The van der Waals surface area contributed by atoms with Gasteiger partial charge in [-0.05, 0) is 88.3 Å². The fraction of sp³-hybridized carbons (Fsp3) is 0.558. The van der Waals surface area contributed by atoms with Crippen molar-refractivity contribution in [2.24, 2.45) is 5.41 Å². The largest absolute Gasteiger partial charge is 0.468 e. The molecule has 3 aliphatic rings. The summed E-state index contributed by atoms with van der Waals surface area (Å²) in [6, 6.07) is 8.77. The molecule has 1 amide bonds. The Kier molecular flexibility index (Phi) is 10.9. The number of carbonyl (C=O) groups is 1. The van der Waals surface area contributed by atoms with Gasteiger partial charge in [0, 0.05) is 54.6 Å². The third-order valence-electron chi connectivity index (χ3n) is 12.4. The lowest BCUT2D eigenvalue weighted by atomic mass is 9.95. The van der Waals surface area contributed by atoms with Gasteiger partial charge in [-0.2, -0.15) is 9.97 Å². The summed E-state index contributed by atoms with van der Waals surface area (Å²) >= 11 is 6.68. The van der Waals surface area contributed by atoms with E-state index >= 15 is 17.6 Å². The highest BCUT2D eigenvalue weighted by Gasteiger charge is 2.72. The SMILES string of the molecule is COCOc1cc(-c2c(F)cc3c(N4C[C@H]5CC[C@@](C)(C4)N5C(=O)OC(C)(C)C)nc(OC[C@]4(CO[Si](C)(C)C(C)(C)C)CC4(F)F)nc3c2F)c2c(Cl)cccc2c1. The number of carbonyl (C=O) groups excluding carboxylic acids is 1. The number of nitrogens with zero attached hydrogens (tertiary/aromatic N) is 4. The summed E-state index contributed by atoms with van der Waals surface area (Å²) < 4.78 is 93.6. The number of aromatic nitrogens is 2. The first kappa shape index (κ1) is 43.2. The zero-order chi connectivity index (χ0) is 43.1. The number of anilines is 1. The van der Waals surface area contributed by atoms with Gasteiger partial charge >= 0.3 is 12.1 Å². The third-order valence-corrected chi connectivity index (χ3v) is 17.2. The van der Waals surface area contributed by atoms with E-state index in [1.807, 2.05) is 45.7 Å². The average Bonchev–Trinajstić information content (AvgIpc) is 3.60. The molecular formula is C43H53ClF4N4O6Si. The molecule has 1 aliphatic carbocycles. The van der Waals surface area contributed by atoms with Gasteiger partial charge in [-0.1, -0.05) is 44.5 Å². The Labute approximate surface area is 348 Å². The summed E-state index contributed by atoms with van der Waals surface area (Å²) in [7, 11) is -0.962. The van der Waals surface area contributed by atoms with Gasteiger partial charge in [0.2, 0.25) is 0 Å². The number of alkyl halides is 2. The zero-order valence-electron chi connectivity index (χ0n) is 35.3. The smallest absolute Gasteiger partial charge is 0.411 e. The van der Waals surface area contributed by atoms with E-state index in [1.54, 1.807) is 49.9 Å². The maximum Gasteiger partial charge on any atom is 0.411 e. The number of hydrogen-bond acceptors (Lipinski definition) is 9. The van der Waals surface area contributed by atoms with Crippen molar-refractivity contribution in [1.82, 2.24) is 14.9 Å². The van der Waals surface area contributed by atoms with E-state index in [2.05, 4.69) is 4.98 Å². The summed E-state index contributed by atoms with van der Waals surface area (Å²) in [6.45, 7) is 17.1. The average molecular weight is 861 g/mol. The summed E-state index contributed by atoms with van der Waals surface area (Å²) in [6.07, 6.45) is 0.403. The minimum atomic E-state index is -3.07. The van der Waals surface area contributed by atoms with E-state index in [0.717, 1.165) is 0 Å². The molecule has 2 aliphatic heterocycles. The number of methoxy groups -OCH3 is 1. The first-order chi connectivity index (χ1) is 27.4. The van der Waals surface area contributed by atoms with Gasteiger partial charge in [0.25, 0.3) is 5.92 Å². The molecule has 59 heavy (non-hydrogen) atoms. The predicted molar refractivity (Wildman–Crippen MR) is 222 cm³/mol. The number of halogens is 5. The fourth-order valence-corrected chi connectivity index (χ4v) is 9.37. The molecule has 3 heterocycles. The second kappa shape index (κ2) is 14.9. The van der Waals surface area contributed by atoms with Crippen LogP contribution in [0, 0.1) is 17.0 Å². The number of piperazine rings is 1. The van der Waals surface area contributed by atoms with Gasteiger partial charge in [0.15, 0.2) is 20.9 Å². The highest BCUT2D eigenvalue weighted by atomic mass is 35.5. The van der Waals surface area contributed by atoms with Gasteiger partial charge in [-0.3, -0.25) is 4.90 Å². The molecule has 1 aromatic heterocycles. The van der Waals surface area contributed by atoms with Crippen LogP contribution in [0.2, 0.25) is 23.2 Å². The Morgan fingerprint density at radius 1 is 1.03 bits per heavy atom. The van der Waals surface area contributed by atoms with Crippen molar-refractivity contribution in [2.75, 3.05) is 45.1 Å².